The van der Waals surface area contributed by atoms with Crippen molar-refractivity contribution in [2.45, 2.75) is 41.5 Å². The summed E-state index contributed by atoms with van der Waals surface area (Å²) in [5.74, 6) is 0. The van der Waals surface area contributed by atoms with E-state index in [1.165, 1.54) is 5.56 Å². The van der Waals surface area contributed by atoms with Crippen LogP contribution in [0.5, 0.6) is 0 Å². The molecule has 0 aliphatic rings. The third kappa shape index (κ3) is 7.70. The van der Waals surface area contributed by atoms with Crippen LogP contribution in [0.3, 0.4) is 0 Å². The fourth-order valence-corrected chi connectivity index (χ4v) is 1.59. The van der Waals surface area contributed by atoms with Gasteiger partial charge in [-0.3, -0.25) is 0 Å². The second-order valence-corrected chi connectivity index (χ2v) is 3.10. The molecule has 0 atom stereocenters. The lowest BCUT2D eigenvalue weighted by molar-refractivity contribution is 1.41. The highest BCUT2D eigenvalue weighted by atomic mass is 32.1. The van der Waals surface area contributed by atoms with E-state index in [-0.39, 0.29) is 0 Å². The maximum atomic E-state index is 4.20. The Morgan fingerprint density at radius 2 is 1.35 bits per heavy atom. The van der Waals surface area contributed by atoms with E-state index < -0.39 is 0 Å². The summed E-state index contributed by atoms with van der Waals surface area (Å²) in [5.41, 5.74) is 1.20. The van der Waals surface area contributed by atoms with Crippen molar-refractivity contribution in [1.82, 2.24) is 4.98 Å². The molecule has 0 saturated carbocycles. The Kier molecular flexibility index (Phi) is 15.9. The third-order valence-electron chi connectivity index (χ3n) is 1.45. The molecule has 96 valence electrons. The number of thiazole rings is 1. The molecule has 2 heteroatoms. The van der Waals surface area contributed by atoms with Gasteiger partial charge in [0.15, 0.2) is 0 Å². The summed E-state index contributed by atoms with van der Waals surface area (Å²) >= 11 is 1.66. The average molecular weight is 251 g/mol. The van der Waals surface area contributed by atoms with Crippen LogP contribution in [0.15, 0.2) is 41.9 Å². The van der Waals surface area contributed by atoms with Crippen molar-refractivity contribution in [3.63, 3.8) is 0 Å². The minimum atomic E-state index is 1.09. The molecule has 0 saturated heterocycles. The summed E-state index contributed by atoms with van der Waals surface area (Å²) in [7, 11) is 0. The number of nitrogens with zero attached hydrogens (tertiary/aromatic N) is 1. The molecule has 0 N–H and O–H groups in total. The van der Waals surface area contributed by atoms with Crippen LogP contribution in [0.1, 0.15) is 41.5 Å². The van der Waals surface area contributed by atoms with Gasteiger partial charge in [-0.25, -0.2) is 4.98 Å². The van der Waals surface area contributed by atoms with E-state index in [4.69, 9.17) is 0 Å². The van der Waals surface area contributed by atoms with Gasteiger partial charge < -0.3 is 0 Å². The van der Waals surface area contributed by atoms with Gasteiger partial charge in [-0.1, -0.05) is 71.9 Å². The molecule has 2 rings (SSSR count). The van der Waals surface area contributed by atoms with E-state index in [0.29, 0.717) is 0 Å². The van der Waals surface area contributed by atoms with Gasteiger partial charge in [0, 0.05) is 17.1 Å². The molecule has 17 heavy (non-hydrogen) atoms. The van der Waals surface area contributed by atoms with Gasteiger partial charge in [0.2, 0.25) is 0 Å². The molecule has 1 heterocycles. The topological polar surface area (TPSA) is 12.9 Å². The molecule has 2 aromatic rings. The average Bonchev–Trinajstić information content (AvgIpc) is 3.01. The smallest absolute Gasteiger partial charge is 0.123 e. The molecule has 1 aromatic heterocycles. The SMILES string of the molecule is CC.CC.CC.c1ccc(-c2nccs2)cc1. The first kappa shape index (κ1) is 18.2. The van der Waals surface area contributed by atoms with E-state index in [0.717, 1.165) is 5.01 Å². The van der Waals surface area contributed by atoms with Crippen molar-refractivity contribution in [3.05, 3.63) is 41.9 Å². The van der Waals surface area contributed by atoms with Gasteiger partial charge in [0.25, 0.3) is 0 Å². The van der Waals surface area contributed by atoms with Gasteiger partial charge in [-0.2, -0.15) is 0 Å². The molecule has 0 radical (unpaired) electrons. The maximum absolute atomic E-state index is 4.20. The summed E-state index contributed by atoms with van der Waals surface area (Å²) in [6.07, 6.45) is 1.83. The Morgan fingerprint density at radius 1 is 0.824 bits per heavy atom. The Balaban J connectivity index is 0. The summed E-state index contributed by atoms with van der Waals surface area (Å²) < 4.78 is 0. The van der Waals surface area contributed by atoms with Crippen LogP contribution in [0.25, 0.3) is 10.6 Å². The number of benzene rings is 1. The molecule has 1 aromatic carbocycles. The van der Waals surface area contributed by atoms with E-state index in [9.17, 15) is 0 Å². The van der Waals surface area contributed by atoms with Crippen molar-refractivity contribution < 1.29 is 0 Å². The van der Waals surface area contributed by atoms with Gasteiger partial charge in [0.05, 0.1) is 0 Å². The maximum Gasteiger partial charge on any atom is 0.123 e. The molecule has 0 aliphatic heterocycles. The van der Waals surface area contributed by atoms with Gasteiger partial charge in [-0.15, -0.1) is 11.3 Å². The lowest BCUT2D eigenvalue weighted by Gasteiger charge is -1.91. The molecule has 1 nitrogen and oxygen atoms in total. The number of rotatable bonds is 1. The molecule has 0 amide bonds. The highest BCUT2D eigenvalue weighted by Gasteiger charge is 1.95. The number of hydrogen-bond donors (Lipinski definition) is 0. The number of aromatic nitrogens is 1. The molecule has 0 spiro atoms. The number of hydrogen-bond acceptors (Lipinski definition) is 2. The van der Waals surface area contributed by atoms with Crippen LogP contribution in [0.4, 0.5) is 0 Å². The van der Waals surface area contributed by atoms with Gasteiger partial charge >= 0.3 is 0 Å². The van der Waals surface area contributed by atoms with Crippen LogP contribution < -0.4 is 0 Å². The fraction of sp³-hybridized carbons (Fsp3) is 0.400. The monoisotopic (exact) mass is 251 g/mol. The first-order valence-electron chi connectivity index (χ1n) is 6.42. The van der Waals surface area contributed by atoms with E-state index >= 15 is 0 Å². The summed E-state index contributed by atoms with van der Waals surface area (Å²) in [6, 6.07) is 10.2. The summed E-state index contributed by atoms with van der Waals surface area (Å²) in [5, 5.41) is 3.08. The van der Waals surface area contributed by atoms with Crippen LogP contribution in [-0.2, 0) is 0 Å². The molecule has 0 unspecified atom stereocenters. The highest BCUT2D eigenvalue weighted by molar-refractivity contribution is 7.13. The minimum absolute atomic E-state index is 1.09. The van der Waals surface area contributed by atoms with Crippen LogP contribution in [0, 0.1) is 0 Å². The molecular formula is C15H25NS. The van der Waals surface area contributed by atoms with Crippen molar-refractivity contribution >= 4 is 11.3 Å². The van der Waals surface area contributed by atoms with Crippen molar-refractivity contribution in [2.24, 2.45) is 0 Å². The molecule has 0 bridgehead atoms. The van der Waals surface area contributed by atoms with Crippen molar-refractivity contribution in [2.75, 3.05) is 0 Å². The zero-order chi connectivity index (χ0) is 13.5. The molecular weight excluding hydrogens is 226 g/mol. The lowest BCUT2D eigenvalue weighted by Crippen LogP contribution is -1.71. The molecule has 0 fully saturated rings. The predicted molar refractivity (Wildman–Crippen MR) is 81.6 cm³/mol. The van der Waals surface area contributed by atoms with Gasteiger partial charge in [-0.05, 0) is 0 Å². The van der Waals surface area contributed by atoms with Crippen LogP contribution in [0.2, 0.25) is 0 Å². The predicted octanol–water partition coefficient (Wildman–Crippen LogP) is 5.89. The second kappa shape index (κ2) is 14.8. The third-order valence-corrected chi connectivity index (χ3v) is 2.28. The second-order valence-electron chi connectivity index (χ2n) is 2.20. The van der Waals surface area contributed by atoms with Gasteiger partial charge in [0.1, 0.15) is 5.01 Å². The Morgan fingerprint density at radius 3 is 1.76 bits per heavy atom. The lowest BCUT2D eigenvalue weighted by atomic mass is 10.2. The van der Waals surface area contributed by atoms with Crippen molar-refractivity contribution in [3.8, 4) is 10.6 Å². The Bertz CT molecular complexity index is 314. The first-order chi connectivity index (χ1) is 8.47. The normalized spacial score (nSPS) is 7.41. The van der Waals surface area contributed by atoms with Crippen molar-refractivity contribution in [1.29, 1.82) is 0 Å². The van der Waals surface area contributed by atoms with Crippen LogP contribution in [-0.4, -0.2) is 4.98 Å². The molecule has 0 aliphatic carbocycles. The quantitative estimate of drug-likeness (QED) is 0.616. The largest absolute Gasteiger partial charge is 0.245 e. The minimum Gasteiger partial charge on any atom is -0.245 e. The summed E-state index contributed by atoms with van der Waals surface area (Å²) in [4.78, 5) is 4.20. The van der Waals surface area contributed by atoms with E-state index in [1.807, 2.05) is 71.3 Å². The van der Waals surface area contributed by atoms with Crippen LogP contribution >= 0.6 is 11.3 Å². The Hall–Kier alpha value is -1.15. The van der Waals surface area contributed by atoms with E-state index in [2.05, 4.69) is 17.1 Å². The van der Waals surface area contributed by atoms with E-state index in [1.54, 1.807) is 11.3 Å². The highest BCUT2D eigenvalue weighted by Crippen LogP contribution is 2.20. The Labute approximate surface area is 111 Å². The fourth-order valence-electron chi connectivity index (χ4n) is 0.947. The first-order valence-corrected chi connectivity index (χ1v) is 7.30. The zero-order valence-corrected chi connectivity index (χ0v) is 12.7. The zero-order valence-electron chi connectivity index (χ0n) is 11.9. The standard InChI is InChI=1S/C9H7NS.3C2H6/c1-2-4-8(5-3-1)9-10-6-7-11-9;3*1-2/h1-7H;3*1-2H3. The summed E-state index contributed by atoms with van der Waals surface area (Å²) in [6.45, 7) is 12.0.